The summed E-state index contributed by atoms with van der Waals surface area (Å²) in [7, 11) is 1.36. The maximum atomic E-state index is 14.6. The van der Waals surface area contributed by atoms with Crippen molar-refractivity contribution < 1.29 is 32.9 Å². The summed E-state index contributed by atoms with van der Waals surface area (Å²) in [5.41, 5.74) is 0.932. The molecule has 0 heterocycles. The van der Waals surface area contributed by atoms with E-state index in [9.17, 15) is 14.0 Å². The van der Waals surface area contributed by atoms with E-state index in [4.69, 9.17) is 18.9 Å². The molecule has 0 amide bonds. The second-order valence-corrected chi connectivity index (χ2v) is 7.39. The fourth-order valence-corrected chi connectivity index (χ4v) is 3.61. The molecule has 166 valence electrons. The molecular formula is C24H27FO6. The average Bonchev–Trinajstić information content (AvgIpc) is 2.79. The number of carbonyl (C=O) groups excluding carboxylic acids is 2. The molecule has 0 spiro atoms. The van der Waals surface area contributed by atoms with Crippen molar-refractivity contribution >= 4 is 11.9 Å². The molecule has 3 rings (SSSR count). The van der Waals surface area contributed by atoms with Crippen LogP contribution in [-0.2, 0) is 20.9 Å². The van der Waals surface area contributed by atoms with Crippen LogP contribution in [0, 0.1) is 11.7 Å². The zero-order valence-corrected chi connectivity index (χ0v) is 17.8. The standard InChI is InChI=1S/C24H27FO6/c1-3-29-23(26)17-9-11-18(12-10-17)31-22-13-19(21(28-2)14-20(22)25)24(27)30-15-16-7-5-4-6-8-16/h4-8,13-14,17-18H,3,9-12,15H2,1-2H3. The van der Waals surface area contributed by atoms with Gasteiger partial charge < -0.3 is 18.9 Å². The van der Waals surface area contributed by atoms with Crippen molar-refractivity contribution in [3.63, 3.8) is 0 Å². The van der Waals surface area contributed by atoms with Crippen LogP contribution >= 0.6 is 0 Å². The predicted octanol–water partition coefficient (Wildman–Crippen LogP) is 4.69. The zero-order chi connectivity index (χ0) is 22.2. The van der Waals surface area contributed by atoms with Gasteiger partial charge in [0.15, 0.2) is 11.6 Å². The number of ether oxygens (including phenoxy) is 4. The summed E-state index contributed by atoms with van der Waals surface area (Å²) in [6.07, 6.45) is 2.19. The Bertz CT molecular complexity index is 890. The molecular weight excluding hydrogens is 403 g/mol. The van der Waals surface area contributed by atoms with Crippen LogP contribution in [0.3, 0.4) is 0 Å². The molecule has 1 aliphatic carbocycles. The molecule has 1 aliphatic rings. The van der Waals surface area contributed by atoms with Crippen LogP contribution in [-0.4, -0.2) is 31.8 Å². The van der Waals surface area contributed by atoms with E-state index in [0.29, 0.717) is 32.3 Å². The summed E-state index contributed by atoms with van der Waals surface area (Å²) >= 11 is 0. The van der Waals surface area contributed by atoms with Crippen LogP contribution in [0.25, 0.3) is 0 Å². The highest BCUT2D eigenvalue weighted by atomic mass is 19.1. The lowest BCUT2D eigenvalue weighted by Gasteiger charge is -2.28. The number of halogens is 1. The summed E-state index contributed by atoms with van der Waals surface area (Å²) < 4.78 is 36.0. The Kier molecular flexibility index (Phi) is 7.87. The van der Waals surface area contributed by atoms with Crippen molar-refractivity contribution in [2.45, 2.75) is 45.3 Å². The van der Waals surface area contributed by atoms with Gasteiger partial charge in [-0.05, 0) is 38.2 Å². The normalized spacial score (nSPS) is 18.2. The molecule has 0 unspecified atom stereocenters. The summed E-state index contributed by atoms with van der Waals surface area (Å²) in [4.78, 5) is 24.5. The Morgan fingerprint density at radius 1 is 1.00 bits per heavy atom. The van der Waals surface area contributed by atoms with E-state index in [1.807, 2.05) is 30.3 Å². The lowest BCUT2D eigenvalue weighted by molar-refractivity contribution is -0.149. The summed E-state index contributed by atoms with van der Waals surface area (Å²) in [5.74, 6) is -1.55. The molecule has 0 bridgehead atoms. The number of esters is 2. The Hall–Kier alpha value is -3.09. The van der Waals surface area contributed by atoms with Gasteiger partial charge in [0.2, 0.25) is 0 Å². The highest BCUT2D eigenvalue weighted by Crippen LogP contribution is 2.33. The van der Waals surface area contributed by atoms with Gasteiger partial charge in [0.25, 0.3) is 0 Å². The molecule has 31 heavy (non-hydrogen) atoms. The number of hydrogen-bond donors (Lipinski definition) is 0. The molecule has 2 aromatic rings. The molecule has 0 radical (unpaired) electrons. The Labute approximate surface area is 181 Å². The fraction of sp³-hybridized carbons (Fsp3) is 0.417. The number of carbonyl (C=O) groups is 2. The maximum Gasteiger partial charge on any atom is 0.342 e. The first-order chi connectivity index (χ1) is 15.0. The molecule has 6 nitrogen and oxygen atoms in total. The van der Waals surface area contributed by atoms with Gasteiger partial charge >= 0.3 is 11.9 Å². The van der Waals surface area contributed by atoms with Crippen LogP contribution in [0.4, 0.5) is 4.39 Å². The Morgan fingerprint density at radius 3 is 2.35 bits per heavy atom. The molecule has 0 N–H and O–H groups in total. The Balaban J connectivity index is 1.66. The van der Waals surface area contributed by atoms with E-state index in [1.54, 1.807) is 6.92 Å². The summed E-state index contributed by atoms with van der Waals surface area (Å²) in [5, 5.41) is 0. The van der Waals surface area contributed by atoms with Gasteiger partial charge in [0.05, 0.1) is 25.7 Å². The average molecular weight is 430 g/mol. The van der Waals surface area contributed by atoms with E-state index in [-0.39, 0.29) is 41.7 Å². The number of rotatable bonds is 8. The molecule has 0 saturated heterocycles. The van der Waals surface area contributed by atoms with Gasteiger partial charge in [-0.25, -0.2) is 9.18 Å². The quantitative estimate of drug-likeness (QED) is 0.566. The molecule has 2 aromatic carbocycles. The number of benzene rings is 2. The first-order valence-corrected chi connectivity index (χ1v) is 10.4. The first kappa shape index (κ1) is 22.6. The topological polar surface area (TPSA) is 71.1 Å². The lowest BCUT2D eigenvalue weighted by atomic mass is 9.87. The molecule has 0 atom stereocenters. The van der Waals surface area contributed by atoms with Gasteiger partial charge in [-0.1, -0.05) is 30.3 Å². The van der Waals surface area contributed by atoms with Crippen molar-refractivity contribution in [1.29, 1.82) is 0 Å². The van der Waals surface area contributed by atoms with E-state index in [2.05, 4.69) is 0 Å². The third-order valence-electron chi connectivity index (χ3n) is 5.27. The maximum absolute atomic E-state index is 14.6. The fourth-order valence-electron chi connectivity index (χ4n) is 3.61. The summed E-state index contributed by atoms with van der Waals surface area (Å²) in [6, 6.07) is 11.7. The second-order valence-electron chi connectivity index (χ2n) is 7.39. The van der Waals surface area contributed by atoms with Gasteiger partial charge in [0.1, 0.15) is 17.9 Å². The van der Waals surface area contributed by atoms with E-state index in [0.717, 1.165) is 11.6 Å². The van der Waals surface area contributed by atoms with Crippen molar-refractivity contribution in [3.8, 4) is 11.5 Å². The van der Waals surface area contributed by atoms with E-state index >= 15 is 0 Å². The van der Waals surface area contributed by atoms with Gasteiger partial charge in [-0.3, -0.25) is 4.79 Å². The minimum Gasteiger partial charge on any atom is -0.496 e. The molecule has 1 saturated carbocycles. The van der Waals surface area contributed by atoms with Crippen molar-refractivity contribution in [2.75, 3.05) is 13.7 Å². The van der Waals surface area contributed by atoms with Crippen LogP contribution < -0.4 is 9.47 Å². The summed E-state index contributed by atoms with van der Waals surface area (Å²) in [6.45, 7) is 2.23. The lowest BCUT2D eigenvalue weighted by Crippen LogP contribution is -2.29. The van der Waals surface area contributed by atoms with Gasteiger partial charge in [0, 0.05) is 12.1 Å². The van der Waals surface area contributed by atoms with Crippen molar-refractivity contribution in [2.24, 2.45) is 5.92 Å². The zero-order valence-electron chi connectivity index (χ0n) is 17.8. The van der Waals surface area contributed by atoms with Crippen LogP contribution in [0.15, 0.2) is 42.5 Å². The van der Waals surface area contributed by atoms with Crippen molar-refractivity contribution in [1.82, 2.24) is 0 Å². The van der Waals surface area contributed by atoms with Gasteiger partial charge in [-0.2, -0.15) is 0 Å². The minimum atomic E-state index is -0.628. The molecule has 7 heteroatoms. The molecule has 1 fully saturated rings. The third kappa shape index (κ3) is 5.96. The van der Waals surface area contributed by atoms with Crippen LogP contribution in [0.2, 0.25) is 0 Å². The highest BCUT2D eigenvalue weighted by Gasteiger charge is 2.29. The van der Waals surface area contributed by atoms with E-state index in [1.165, 1.54) is 13.2 Å². The van der Waals surface area contributed by atoms with Crippen LogP contribution in [0.5, 0.6) is 11.5 Å². The Morgan fingerprint density at radius 2 is 1.71 bits per heavy atom. The SMILES string of the molecule is CCOC(=O)C1CCC(Oc2cc(C(=O)OCc3ccccc3)c(OC)cc2F)CC1. The number of methoxy groups -OCH3 is 1. The first-order valence-electron chi connectivity index (χ1n) is 10.4. The minimum absolute atomic E-state index is 0.0351. The van der Waals surface area contributed by atoms with Crippen LogP contribution in [0.1, 0.15) is 48.5 Å². The second kappa shape index (κ2) is 10.8. The highest BCUT2D eigenvalue weighted by molar-refractivity contribution is 5.93. The molecule has 0 aromatic heterocycles. The third-order valence-corrected chi connectivity index (χ3v) is 5.27. The molecule has 0 aliphatic heterocycles. The van der Waals surface area contributed by atoms with Crippen molar-refractivity contribution in [3.05, 3.63) is 59.4 Å². The monoisotopic (exact) mass is 430 g/mol. The smallest absolute Gasteiger partial charge is 0.342 e. The largest absolute Gasteiger partial charge is 0.496 e. The van der Waals surface area contributed by atoms with Gasteiger partial charge in [-0.15, -0.1) is 0 Å². The predicted molar refractivity (Wildman–Crippen MR) is 112 cm³/mol. The number of hydrogen-bond acceptors (Lipinski definition) is 6. The van der Waals surface area contributed by atoms with E-state index < -0.39 is 11.8 Å².